The molecule has 0 radical (unpaired) electrons. The highest BCUT2D eigenvalue weighted by atomic mass is 16.5. The van der Waals surface area contributed by atoms with Gasteiger partial charge in [-0.15, -0.1) is 10.2 Å². The van der Waals surface area contributed by atoms with E-state index >= 15 is 0 Å². The molecule has 2 aromatic carbocycles. The summed E-state index contributed by atoms with van der Waals surface area (Å²) in [6, 6.07) is 14.2. The standard InChI is InChI=1S/C28H31N5O2/c1-18-15-19(2)25(16-24(18)27-30-26(31-32-27)21-9-13-35-14-10-21)28(34)33-11-7-20(8-12-33)23-6-4-3-5-22(23)17-29/h3-6,15-16,20-21H,7-14H2,1-2H3,(H,30,31,32). The van der Waals surface area contributed by atoms with Crippen LogP contribution in [0.25, 0.3) is 11.4 Å². The molecule has 2 fully saturated rings. The molecule has 35 heavy (non-hydrogen) atoms. The molecule has 180 valence electrons. The highest BCUT2D eigenvalue weighted by molar-refractivity contribution is 5.97. The quantitative estimate of drug-likeness (QED) is 0.588. The Morgan fingerprint density at radius 2 is 1.77 bits per heavy atom. The van der Waals surface area contributed by atoms with Crippen LogP contribution in [-0.2, 0) is 4.74 Å². The molecule has 5 rings (SSSR count). The van der Waals surface area contributed by atoms with Crippen molar-refractivity contribution in [3.05, 3.63) is 70.0 Å². The summed E-state index contributed by atoms with van der Waals surface area (Å²) in [5.41, 5.74) is 5.51. The van der Waals surface area contributed by atoms with Crippen molar-refractivity contribution in [2.45, 2.75) is 51.4 Å². The Morgan fingerprint density at radius 1 is 1.03 bits per heavy atom. The summed E-state index contributed by atoms with van der Waals surface area (Å²) in [6.45, 7) is 6.91. The molecule has 7 nitrogen and oxygen atoms in total. The topological polar surface area (TPSA) is 94.9 Å². The lowest BCUT2D eigenvalue weighted by molar-refractivity contribution is 0.0712. The van der Waals surface area contributed by atoms with Gasteiger partial charge in [0.2, 0.25) is 0 Å². The molecule has 2 aliphatic rings. The van der Waals surface area contributed by atoms with Crippen LogP contribution < -0.4 is 0 Å². The van der Waals surface area contributed by atoms with Crippen LogP contribution in [0.4, 0.5) is 0 Å². The minimum absolute atomic E-state index is 0.0555. The van der Waals surface area contributed by atoms with Crippen LogP contribution in [0.5, 0.6) is 0 Å². The number of aromatic nitrogens is 3. The third-order valence-electron chi connectivity index (χ3n) is 7.47. The second-order valence-electron chi connectivity index (χ2n) is 9.69. The maximum atomic E-state index is 13.5. The Bertz CT molecular complexity index is 1260. The summed E-state index contributed by atoms with van der Waals surface area (Å²) in [5.74, 6) is 2.31. The molecule has 3 heterocycles. The van der Waals surface area contributed by atoms with Crippen molar-refractivity contribution in [3.63, 3.8) is 0 Å². The third kappa shape index (κ3) is 4.71. The number of benzene rings is 2. The molecule has 1 amide bonds. The monoisotopic (exact) mass is 469 g/mol. The fourth-order valence-electron chi connectivity index (χ4n) is 5.41. The zero-order valence-electron chi connectivity index (χ0n) is 20.4. The van der Waals surface area contributed by atoms with Gasteiger partial charge >= 0.3 is 0 Å². The number of nitriles is 1. The predicted molar refractivity (Wildman–Crippen MR) is 133 cm³/mol. The van der Waals surface area contributed by atoms with Gasteiger partial charge in [0.05, 0.1) is 11.6 Å². The molecular weight excluding hydrogens is 438 g/mol. The molecule has 3 aromatic rings. The zero-order chi connectivity index (χ0) is 24.4. The number of aromatic amines is 1. The molecule has 1 N–H and O–H groups in total. The van der Waals surface area contributed by atoms with Crippen molar-refractivity contribution in [2.75, 3.05) is 26.3 Å². The van der Waals surface area contributed by atoms with Crippen molar-refractivity contribution in [3.8, 4) is 17.5 Å². The molecular formula is C28H31N5O2. The van der Waals surface area contributed by atoms with E-state index in [4.69, 9.17) is 4.74 Å². The lowest BCUT2D eigenvalue weighted by Gasteiger charge is -2.33. The van der Waals surface area contributed by atoms with E-state index in [0.29, 0.717) is 36.3 Å². The highest BCUT2D eigenvalue weighted by Gasteiger charge is 2.27. The first-order valence-electron chi connectivity index (χ1n) is 12.5. The fourth-order valence-corrected chi connectivity index (χ4v) is 5.41. The first kappa shape index (κ1) is 23.3. The van der Waals surface area contributed by atoms with Gasteiger partial charge in [0.1, 0.15) is 5.82 Å². The molecule has 2 aliphatic heterocycles. The van der Waals surface area contributed by atoms with E-state index < -0.39 is 0 Å². The van der Waals surface area contributed by atoms with Crippen molar-refractivity contribution in [1.29, 1.82) is 5.26 Å². The SMILES string of the molecule is Cc1cc(C)c(-c2nnc(C3CCOCC3)[nH]2)cc1C(=O)N1CCC(c2ccccc2C#N)CC1. The third-order valence-corrected chi connectivity index (χ3v) is 7.47. The number of carbonyl (C=O) groups excluding carboxylic acids is 1. The van der Waals surface area contributed by atoms with Gasteiger partial charge in [-0.05, 0) is 74.3 Å². The Kier molecular flexibility index (Phi) is 6.65. The van der Waals surface area contributed by atoms with Crippen molar-refractivity contribution in [1.82, 2.24) is 20.1 Å². The van der Waals surface area contributed by atoms with Crippen molar-refractivity contribution in [2.24, 2.45) is 0 Å². The number of amides is 1. The van der Waals surface area contributed by atoms with Crippen LogP contribution >= 0.6 is 0 Å². The number of hydrogen-bond donors (Lipinski definition) is 1. The van der Waals surface area contributed by atoms with E-state index in [-0.39, 0.29) is 5.91 Å². The van der Waals surface area contributed by atoms with E-state index in [2.05, 4.69) is 27.3 Å². The van der Waals surface area contributed by atoms with Crippen molar-refractivity contribution < 1.29 is 9.53 Å². The van der Waals surface area contributed by atoms with E-state index in [9.17, 15) is 10.1 Å². The van der Waals surface area contributed by atoms with Crippen LogP contribution in [0.3, 0.4) is 0 Å². The highest BCUT2D eigenvalue weighted by Crippen LogP contribution is 2.32. The molecule has 0 bridgehead atoms. The Balaban J connectivity index is 1.33. The Labute approximate surface area is 206 Å². The van der Waals surface area contributed by atoms with Crippen LogP contribution in [0.1, 0.15) is 76.0 Å². The molecule has 0 unspecified atom stereocenters. The minimum atomic E-state index is 0.0555. The number of carbonyl (C=O) groups is 1. The van der Waals surface area contributed by atoms with E-state index in [0.717, 1.165) is 72.5 Å². The molecule has 7 heteroatoms. The fraction of sp³-hybridized carbons (Fsp3) is 0.429. The number of hydrogen-bond acceptors (Lipinski definition) is 5. The van der Waals surface area contributed by atoms with Gasteiger partial charge in [0, 0.05) is 43.3 Å². The van der Waals surface area contributed by atoms with Crippen LogP contribution in [-0.4, -0.2) is 52.3 Å². The van der Waals surface area contributed by atoms with Gasteiger partial charge in [-0.2, -0.15) is 5.26 Å². The van der Waals surface area contributed by atoms with Crippen LogP contribution in [0, 0.1) is 25.2 Å². The Hall–Kier alpha value is -3.50. The van der Waals surface area contributed by atoms with E-state index in [1.54, 1.807) is 0 Å². The number of nitrogens with zero attached hydrogens (tertiary/aromatic N) is 4. The minimum Gasteiger partial charge on any atom is -0.381 e. The van der Waals surface area contributed by atoms with Gasteiger partial charge in [0.25, 0.3) is 5.91 Å². The lowest BCUT2D eigenvalue weighted by atomic mass is 9.86. The molecule has 2 saturated heterocycles. The van der Waals surface area contributed by atoms with Gasteiger partial charge in [-0.25, -0.2) is 0 Å². The number of nitrogens with one attached hydrogen (secondary N) is 1. The van der Waals surface area contributed by atoms with Crippen LogP contribution in [0.15, 0.2) is 36.4 Å². The average molecular weight is 470 g/mol. The molecule has 0 saturated carbocycles. The van der Waals surface area contributed by atoms with Gasteiger partial charge in [0.15, 0.2) is 5.82 Å². The summed E-state index contributed by atoms with van der Waals surface area (Å²) < 4.78 is 5.47. The van der Waals surface area contributed by atoms with Gasteiger partial charge in [-0.3, -0.25) is 4.79 Å². The summed E-state index contributed by atoms with van der Waals surface area (Å²) in [6.07, 6.45) is 3.61. The number of H-pyrrole nitrogens is 1. The van der Waals surface area contributed by atoms with Gasteiger partial charge in [-0.1, -0.05) is 24.3 Å². The lowest BCUT2D eigenvalue weighted by Crippen LogP contribution is -2.38. The first-order valence-corrected chi connectivity index (χ1v) is 12.5. The molecule has 0 aliphatic carbocycles. The van der Waals surface area contributed by atoms with Gasteiger partial charge < -0.3 is 14.6 Å². The number of ether oxygens (including phenoxy) is 1. The first-order chi connectivity index (χ1) is 17.0. The number of likely N-dealkylation sites (tertiary alicyclic amines) is 1. The largest absolute Gasteiger partial charge is 0.381 e. The number of aryl methyl sites for hydroxylation is 2. The zero-order valence-corrected chi connectivity index (χ0v) is 20.4. The molecule has 0 spiro atoms. The van der Waals surface area contributed by atoms with Crippen LogP contribution in [0.2, 0.25) is 0 Å². The molecule has 1 aromatic heterocycles. The second-order valence-corrected chi connectivity index (χ2v) is 9.69. The summed E-state index contributed by atoms with van der Waals surface area (Å²) in [4.78, 5) is 18.9. The maximum Gasteiger partial charge on any atom is 0.254 e. The number of piperidine rings is 1. The normalized spacial score (nSPS) is 17.3. The Morgan fingerprint density at radius 3 is 2.51 bits per heavy atom. The van der Waals surface area contributed by atoms with E-state index in [1.165, 1.54) is 0 Å². The molecule has 0 atom stereocenters. The summed E-state index contributed by atoms with van der Waals surface area (Å²) >= 11 is 0. The maximum absolute atomic E-state index is 13.5. The smallest absolute Gasteiger partial charge is 0.254 e. The second kappa shape index (κ2) is 10.0. The summed E-state index contributed by atoms with van der Waals surface area (Å²) in [5, 5.41) is 18.3. The van der Waals surface area contributed by atoms with Crippen molar-refractivity contribution >= 4 is 5.91 Å². The average Bonchev–Trinajstić information content (AvgIpc) is 3.39. The number of rotatable bonds is 4. The van der Waals surface area contributed by atoms with E-state index in [1.807, 2.05) is 49.1 Å². The summed E-state index contributed by atoms with van der Waals surface area (Å²) in [7, 11) is 0. The predicted octanol–water partition coefficient (Wildman–Crippen LogP) is 4.87.